The largest absolute Gasteiger partial charge is 0.395 e. The van der Waals surface area contributed by atoms with E-state index >= 15 is 0 Å². The number of hydrazine groups is 1. The second-order valence-corrected chi connectivity index (χ2v) is 6.65. The number of aliphatic hydroxyl groups excluding tert-OH is 1. The van der Waals surface area contributed by atoms with E-state index in [9.17, 15) is 4.79 Å². The Labute approximate surface area is 140 Å². The summed E-state index contributed by atoms with van der Waals surface area (Å²) in [5, 5.41) is 12.6. The Morgan fingerprint density at radius 2 is 1.65 bits per heavy atom. The van der Waals surface area contributed by atoms with Crippen LogP contribution in [0.25, 0.3) is 0 Å². The number of carbonyl (C=O) groups is 1. The van der Waals surface area contributed by atoms with Crippen LogP contribution in [0.2, 0.25) is 0 Å². The van der Waals surface area contributed by atoms with Gasteiger partial charge in [0.05, 0.1) is 13.2 Å². The van der Waals surface area contributed by atoms with Gasteiger partial charge < -0.3 is 20.2 Å². The Morgan fingerprint density at radius 1 is 1.13 bits per heavy atom. The third kappa shape index (κ3) is 7.03. The van der Waals surface area contributed by atoms with Gasteiger partial charge in [0, 0.05) is 19.1 Å². The van der Waals surface area contributed by atoms with Crippen molar-refractivity contribution < 1.29 is 9.90 Å². The van der Waals surface area contributed by atoms with Crippen LogP contribution in [0.5, 0.6) is 0 Å². The van der Waals surface area contributed by atoms with Crippen LogP contribution in [-0.2, 0) is 0 Å². The Kier molecular flexibility index (Phi) is 9.47. The lowest BCUT2D eigenvalue weighted by Crippen LogP contribution is -2.51. The number of nitrogens with one attached hydrogen (secondary N) is 1. The summed E-state index contributed by atoms with van der Waals surface area (Å²) in [6.45, 7) is 3.20. The summed E-state index contributed by atoms with van der Waals surface area (Å²) in [4.78, 5) is 15.7. The molecule has 2 saturated heterocycles. The third-order valence-corrected chi connectivity index (χ3v) is 4.94. The van der Waals surface area contributed by atoms with Crippen LogP contribution in [-0.4, -0.2) is 85.4 Å². The van der Waals surface area contributed by atoms with Gasteiger partial charge in [-0.25, -0.2) is 10.6 Å². The molecule has 0 aliphatic carbocycles. The first-order chi connectivity index (χ1) is 11.0. The Hall–Kier alpha value is -0.890. The highest BCUT2D eigenvalue weighted by molar-refractivity contribution is 5.73. The monoisotopic (exact) mass is 329 g/mol. The molecule has 23 heavy (non-hydrogen) atoms. The third-order valence-electron chi connectivity index (χ3n) is 4.94. The Balaban J connectivity index is 0.000000253. The zero-order chi connectivity index (χ0) is 17.2. The second-order valence-electron chi connectivity index (χ2n) is 6.65. The summed E-state index contributed by atoms with van der Waals surface area (Å²) in [6, 6.07) is 0.633. The number of nitrogens with two attached hydrogens (primary N) is 1. The first kappa shape index (κ1) is 20.2. The predicted molar refractivity (Wildman–Crippen MR) is 93.0 cm³/mol. The van der Waals surface area contributed by atoms with Crippen molar-refractivity contribution in [1.29, 1.82) is 0 Å². The lowest BCUT2D eigenvalue weighted by Gasteiger charge is -2.34. The number of carbonyl (C=O) groups excluding carboxylic acids is 1. The predicted octanol–water partition coefficient (Wildman–Crippen LogP) is 0.449. The number of likely N-dealkylation sites (tertiary alicyclic amines) is 2. The molecule has 0 saturated carbocycles. The zero-order valence-corrected chi connectivity index (χ0v) is 15.0. The molecule has 0 radical (unpaired) electrons. The van der Waals surface area contributed by atoms with Crippen molar-refractivity contribution in [3.63, 3.8) is 0 Å². The van der Waals surface area contributed by atoms with Crippen LogP contribution in [0.4, 0.5) is 4.79 Å². The maximum atomic E-state index is 11.2. The molecule has 0 aromatic carbocycles. The maximum Gasteiger partial charge on any atom is 0.331 e. The van der Waals surface area contributed by atoms with Crippen LogP contribution in [0.3, 0.4) is 0 Å². The van der Waals surface area contributed by atoms with E-state index in [-0.39, 0.29) is 6.03 Å². The summed E-state index contributed by atoms with van der Waals surface area (Å²) in [5.74, 6) is 5.62. The average Bonchev–Trinajstić information content (AvgIpc) is 2.57. The molecular weight excluding hydrogens is 294 g/mol. The number of piperidine rings is 2. The van der Waals surface area contributed by atoms with Gasteiger partial charge in [-0.15, -0.1) is 0 Å². The number of urea groups is 1. The van der Waals surface area contributed by atoms with E-state index < -0.39 is 0 Å². The van der Waals surface area contributed by atoms with Crippen molar-refractivity contribution in [3.05, 3.63) is 0 Å². The first-order valence-corrected chi connectivity index (χ1v) is 8.74. The van der Waals surface area contributed by atoms with E-state index in [4.69, 9.17) is 10.9 Å². The van der Waals surface area contributed by atoms with Crippen molar-refractivity contribution in [1.82, 2.24) is 20.1 Å². The maximum absolute atomic E-state index is 11.2. The molecular formula is C16H35N5O2. The highest BCUT2D eigenvalue weighted by Crippen LogP contribution is 2.15. The van der Waals surface area contributed by atoms with Crippen LogP contribution >= 0.6 is 0 Å². The van der Waals surface area contributed by atoms with Crippen molar-refractivity contribution in [2.24, 2.45) is 5.84 Å². The molecule has 0 aromatic heterocycles. The minimum atomic E-state index is -0.219. The van der Waals surface area contributed by atoms with E-state index in [1.807, 2.05) is 0 Å². The van der Waals surface area contributed by atoms with Gasteiger partial charge in [0.1, 0.15) is 0 Å². The molecule has 2 rings (SSSR count). The van der Waals surface area contributed by atoms with E-state index in [0.29, 0.717) is 25.2 Å². The lowest BCUT2D eigenvalue weighted by molar-refractivity contribution is 0.114. The number of aliphatic hydroxyl groups is 1. The van der Waals surface area contributed by atoms with Gasteiger partial charge in [0.2, 0.25) is 0 Å². The number of amides is 2. The van der Waals surface area contributed by atoms with Crippen molar-refractivity contribution in [3.8, 4) is 0 Å². The molecule has 0 bridgehead atoms. The molecule has 7 nitrogen and oxygen atoms in total. The summed E-state index contributed by atoms with van der Waals surface area (Å²) in [5.41, 5.74) is 0. The van der Waals surface area contributed by atoms with E-state index in [1.165, 1.54) is 37.1 Å². The Bertz CT molecular complexity index is 342. The molecule has 0 spiro atoms. The molecule has 0 unspecified atom stereocenters. The minimum Gasteiger partial charge on any atom is -0.395 e. The molecule has 2 aliphatic heterocycles. The van der Waals surface area contributed by atoms with Gasteiger partial charge in [-0.3, -0.25) is 5.01 Å². The standard InChI is InChI=1S/C9H20N4O.C7H15NO/c1-11-9(14)13(10)7-8-5-3-4-6-12(8)2;1-8-5-3-2-4-7(8)6-9/h8H,3-7,10H2,1-2H3,(H,11,14);7,9H,2-6H2,1H3/t8-;7-/m00/s1. The smallest absolute Gasteiger partial charge is 0.331 e. The summed E-state index contributed by atoms with van der Waals surface area (Å²) in [7, 11) is 5.76. The normalized spacial score (nSPS) is 26.1. The highest BCUT2D eigenvalue weighted by Gasteiger charge is 2.22. The molecule has 2 aliphatic rings. The molecule has 2 fully saturated rings. The quantitative estimate of drug-likeness (QED) is 0.398. The SMILES string of the molecule is CN1CCCC[C@H]1CO.CNC(=O)N(N)C[C@@H]1CCCCN1C. The van der Waals surface area contributed by atoms with Crippen LogP contribution in [0.1, 0.15) is 38.5 Å². The van der Waals surface area contributed by atoms with E-state index in [0.717, 1.165) is 19.5 Å². The zero-order valence-electron chi connectivity index (χ0n) is 15.0. The minimum absolute atomic E-state index is 0.219. The lowest BCUT2D eigenvalue weighted by atomic mass is 10.0. The van der Waals surface area contributed by atoms with Gasteiger partial charge >= 0.3 is 6.03 Å². The van der Waals surface area contributed by atoms with Gasteiger partial charge in [-0.2, -0.15) is 0 Å². The van der Waals surface area contributed by atoms with E-state index in [2.05, 4.69) is 29.2 Å². The van der Waals surface area contributed by atoms with Crippen LogP contribution in [0, 0.1) is 0 Å². The van der Waals surface area contributed by atoms with Crippen molar-refractivity contribution in [2.75, 3.05) is 47.4 Å². The average molecular weight is 329 g/mol. The number of hydrogen-bond acceptors (Lipinski definition) is 5. The molecule has 0 aromatic rings. The topological polar surface area (TPSA) is 85.1 Å². The fourth-order valence-electron chi connectivity index (χ4n) is 3.20. The molecule has 136 valence electrons. The summed E-state index contributed by atoms with van der Waals surface area (Å²) >= 11 is 0. The fraction of sp³-hybridized carbons (Fsp3) is 0.938. The fourth-order valence-corrected chi connectivity index (χ4v) is 3.20. The Morgan fingerprint density at radius 3 is 2.04 bits per heavy atom. The molecule has 2 amide bonds. The van der Waals surface area contributed by atoms with Gasteiger partial charge in [0.15, 0.2) is 0 Å². The number of rotatable bonds is 3. The summed E-state index contributed by atoms with van der Waals surface area (Å²) < 4.78 is 0. The number of likely N-dealkylation sites (N-methyl/N-ethyl adjacent to an activating group) is 2. The number of nitrogens with zero attached hydrogens (tertiary/aromatic N) is 3. The van der Waals surface area contributed by atoms with Crippen LogP contribution < -0.4 is 11.2 Å². The van der Waals surface area contributed by atoms with Crippen molar-refractivity contribution >= 4 is 6.03 Å². The van der Waals surface area contributed by atoms with E-state index in [1.54, 1.807) is 7.05 Å². The van der Waals surface area contributed by atoms with Gasteiger partial charge in [0.25, 0.3) is 0 Å². The summed E-state index contributed by atoms with van der Waals surface area (Å²) in [6.07, 6.45) is 7.37. The van der Waals surface area contributed by atoms with Gasteiger partial charge in [-0.1, -0.05) is 12.8 Å². The molecule has 7 heteroatoms. The number of hydrogen-bond donors (Lipinski definition) is 3. The van der Waals surface area contributed by atoms with Crippen LogP contribution in [0.15, 0.2) is 0 Å². The molecule has 2 atom stereocenters. The molecule has 2 heterocycles. The highest BCUT2D eigenvalue weighted by atomic mass is 16.3. The first-order valence-electron chi connectivity index (χ1n) is 8.74. The molecule has 4 N–H and O–H groups in total. The van der Waals surface area contributed by atoms with Crippen molar-refractivity contribution in [2.45, 2.75) is 50.6 Å². The van der Waals surface area contributed by atoms with Gasteiger partial charge in [-0.05, 0) is 52.9 Å². The second kappa shape index (κ2) is 10.8.